The minimum Gasteiger partial charge on any atom is -0.491 e. The largest absolute Gasteiger partial charge is 0.491 e. The van der Waals surface area contributed by atoms with Crippen LogP contribution in [0.3, 0.4) is 0 Å². The number of benzene rings is 2. The molecule has 5 heteroatoms. The van der Waals surface area contributed by atoms with Crippen LogP contribution in [0, 0.1) is 11.7 Å². The average molecular weight is 380 g/mol. The van der Waals surface area contributed by atoms with Crippen LogP contribution in [-0.4, -0.2) is 42.4 Å². The van der Waals surface area contributed by atoms with Crippen molar-refractivity contribution < 1.29 is 14.2 Å². The molecule has 2 aromatic carbocycles. The van der Waals surface area contributed by atoms with Gasteiger partial charge >= 0.3 is 0 Å². The Balaban J connectivity index is 0.00000243. The van der Waals surface area contributed by atoms with Crippen molar-refractivity contribution in [3.63, 3.8) is 0 Å². The number of ether oxygens (including phenoxy) is 1. The minimum absolute atomic E-state index is 0. The number of aliphatic hydroxyl groups is 1. The van der Waals surface area contributed by atoms with E-state index in [4.69, 9.17) is 4.74 Å². The van der Waals surface area contributed by atoms with Gasteiger partial charge in [0.15, 0.2) is 0 Å². The summed E-state index contributed by atoms with van der Waals surface area (Å²) in [6.45, 7) is 2.89. The highest BCUT2D eigenvalue weighted by atomic mass is 35.5. The molecule has 1 unspecified atom stereocenters. The number of halogens is 2. The fourth-order valence-corrected chi connectivity index (χ4v) is 3.39. The number of aliphatic hydroxyl groups excluding tert-OH is 1. The number of hydrogen-bond acceptors (Lipinski definition) is 3. The zero-order valence-corrected chi connectivity index (χ0v) is 15.7. The van der Waals surface area contributed by atoms with E-state index in [0.717, 1.165) is 25.4 Å². The molecule has 0 amide bonds. The SMILES string of the molecule is Cl.OC(COc1ccc(F)cc1)CN1CCC(Cc2ccccc2)CC1. The van der Waals surface area contributed by atoms with Crippen LogP contribution in [0.4, 0.5) is 4.39 Å². The first-order valence-corrected chi connectivity index (χ1v) is 9.02. The summed E-state index contributed by atoms with van der Waals surface area (Å²) in [4.78, 5) is 2.31. The zero-order chi connectivity index (χ0) is 17.5. The summed E-state index contributed by atoms with van der Waals surface area (Å²) < 4.78 is 18.4. The smallest absolute Gasteiger partial charge is 0.123 e. The van der Waals surface area contributed by atoms with Crippen LogP contribution in [0.15, 0.2) is 54.6 Å². The van der Waals surface area contributed by atoms with Gasteiger partial charge in [0.2, 0.25) is 0 Å². The number of hydrogen-bond donors (Lipinski definition) is 1. The van der Waals surface area contributed by atoms with E-state index in [-0.39, 0.29) is 24.8 Å². The number of nitrogens with zero attached hydrogens (tertiary/aromatic N) is 1. The molecule has 0 saturated carbocycles. The van der Waals surface area contributed by atoms with Crippen LogP contribution in [0.25, 0.3) is 0 Å². The highest BCUT2D eigenvalue weighted by Crippen LogP contribution is 2.21. The maximum atomic E-state index is 12.9. The highest BCUT2D eigenvalue weighted by molar-refractivity contribution is 5.85. The average Bonchev–Trinajstić information content (AvgIpc) is 2.64. The lowest BCUT2D eigenvalue weighted by atomic mass is 9.90. The summed E-state index contributed by atoms with van der Waals surface area (Å²) in [5, 5.41) is 10.2. The Morgan fingerprint density at radius 3 is 2.35 bits per heavy atom. The van der Waals surface area contributed by atoms with Gasteiger partial charge in [-0.2, -0.15) is 0 Å². The van der Waals surface area contributed by atoms with Gasteiger partial charge in [-0.3, -0.25) is 0 Å². The van der Waals surface area contributed by atoms with E-state index in [0.29, 0.717) is 12.3 Å². The third-order valence-corrected chi connectivity index (χ3v) is 4.80. The first-order valence-electron chi connectivity index (χ1n) is 9.02. The Morgan fingerprint density at radius 1 is 1.04 bits per heavy atom. The summed E-state index contributed by atoms with van der Waals surface area (Å²) >= 11 is 0. The Kier molecular flexibility index (Phi) is 8.36. The second-order valence-electron chi connectivity index (χ2n) is 6.85. The Morgan fingerprint density at radius 2 is 1.69 bits per heavy atom. The van der Waals surface area contributed by atoms with Crippen LogP contribution < -0.4 is 4.74 Å². The third-order valence-electron chi connectivity index (χ3n) is 4.80. The molecule has 1 fully saturated rings. The predicted molar refractivity (Wildman–Crippen MR) is 104 cm³/mol. The van der Waals surface area contributed by atoms with E-state index in [9.17, 15) is 9.50 Å². The van der Waals surface area contributed by atoms with Crippen molar-refractivity contribution >= 4 is 12.4 Å². The van der Waals surface area contributed by atoms with Crippen molar-refractivity contribution in [3.8, 4) is 5.75 Å². The summed E-state index contributed by atoms with van der Waals surface area (Å²) in [5.74, 6) is 1.03. The molecule has 0 aliphatic carbocycles. The zero-order valence-electron chi connectivity index (χ0n) is 14.9. The molecule has 3 rings (SSSR count). The molecule has 1 aliphatic heterocycles. The number of rotatable bonds is 7. The molecule has 0 spiro atoms. The van der Waals surface area contributed by atoms with Gasteiger partial charge in [-0.15, -0.1) is 12.4 Å². The van der Waals surface area contributed by atoms with E-state index in [2.05, 4.69) is 35.2 Å². The molecule has 1 saturated heterocycles. The molecule has 1 atom stereocenters. The summed E-state index contributed by atoms with van der Waals surface area (Å²) in [5.41, 5.74) is 1.41. The molecule has 26 heavy (non-hydrogen) atoms. The number of β-amino-alcohol motifs (C(OH)–C–C–N with tert-alkyl or cyclic N) is 1. The van der Waals surface area contributed by atoms with Gasteiger partial charge in [-0.1, -0.05) is 30.3 Å². The van der Waals surface area contributed by atoms with Gasteiger partial charge in [0.25, 0.3) is 0 Å². The van der Waals surface area contributed by atoms with Crippen LogP contribution in [-0.2, 0) is 6.42 Å². The lowest BCUT2D eigenvalue weighted by molar-refractivity contribution is 0.0550. The maximum Gasteiger partial charge on any atom is 0.123 e. The molecule has 1 N–H and O–H groups in total. The second kappa shape index (κ2) is 10.5. The third kappa shape index (κ3) is 6.60. The minimum atomic E-state index is -0.532. The van der Waals surface area contributed by atoms with Gasteiger partial charge < -0.3 is 14.7 Å². The van der Waals surface area contributed by atoms with Gasteiger partial charge in [-0.25, -0.2) is 4.39 Å². The second-order valence-corrected chi connectivity index (χ2v) is 6.85. The van der Waals surface area contributed by atoms with E-state index >= 15 is 0 Å². The van der Waals surface area contributed by atoms with Crippen molar-refractivity contribution in [2.24, 2.45) is 5.92 Å². The Bertz CT molecular complexity index is 630. The van der Waals surface area contributed by atoms with Crippen molar-refractivity contribution in [1.82, 2.24) is 4.90 Å². The fraction of sp³-hybridized carbons (Fsp3) is 0.429. The molecule has 1 aliphatic rings. The van der Waals surface area contributed by atoms with Crippen LogP contribution in [0.1, 0.15) is 18.4 Å². The van der Waals surface area contributed by atoms with Crippen LogP contribution in [0.2, 0.25) is 0 Å². The summed E-state index contributed by atoms with van der Waals surface area (Å²) in [7, 11) is 0. The van der Waals surface area contributed by atoms with Crippen molar-refractivity contribution in [3.05, 3.63) is 66.0 Å². The molecule has 142 valence electrons. The van der Waals surface area contributed by atoms with E-state index in [1.807, 2.05) is 0 Å². The molecule has 0 aromatic heterocycles. The maximum absolute atomic E-state index is 12.9. The Hall–Kier alpha value is -1.62. The van der Waals surface area contributed by atoms with Crippen molar-refractivity contribution in [1.29, 1.82) is 0 Å². The van der Waals surface area contributed by atoms with E-state index < -0.39 is 6.10 Å². The monoisotopic (exact) mass is 379 g/mol. The highest BCUT2D eigenvalue weighted by Gasteiger charge is 2.21. The van der Waals surface area contributed by atoms with Crippen LogP contribution in [0.5, 0.6) is 5.75 Å². The molecule has 3 nitrogen and oxygen atoms in total. The lowest BCUT2D eigenvalue weighted by Crippen LogP contribution is -2.41. The quantitative estimate of drug-likeness (QED) is 0.790. The van der Waals surface area contributed by atoms with Gasteiger partial charge in [0, 0.05) is 6.54 Å². The van der Waals surface area contributed by atoms with Gasteiger partial charge in [0.05, 0.1) is 0 Å². The normalized spacial score (nSPS) is 16.7. The molecule has 2 aromatic rings. The first kappa shape index (κ1) is 20.7. The van der Waals surface area contributed by atoms with Gasteiger partial charge in [0.1, 0.15) is 24.3 Å². The van der Waals surface area contributed by atoms with Crippen molar-refractivity contribution in [2.45, 2.75) is 25.4 Å². The topological polar surface area (TPSA) is 32.7 Å². The first-order chi connectivity index (χ1) is 12.2. The molecule has 0 radical (unpaired) electrons. The number of likely N-dealkylation sites (tertiary alicyclic amines) is 1. The number of piperidine rings is 1. The lowest BCUT2D eigenvalue weighted by Gasteiger charge is -2.33. The molecular formula is C21H27ClFNO2. The van der Waals surface area contributed by atoms with E-state index in [1.54, 1.807) is 12.1 Å². The van der Waals surface area contributed by atoms with E-state index in [1.165, 1.54) is 30.5 Å². The summed E-state index contributed by atoms with van der Waals surface area (Å²) in [6.07, 6.45) is 2.95. The fourth-order valence-electron chi connectivity index (χ4n) is 3.39. The molecular weight excluding hydrogens is 353 g/mol. The molecule has 1 heterocycles. The predicted octanol–water partition coefficient (Wildman–Crippen LogP) is 3.94. The van der Waals surface area contributed by atoms with Crippen molar-refractivity contribution in [2.75, 3.05) is 26.2 Å². The van der Waals surface area contributed by atoms with Gasteiger partial charge in [-0.05, 0) is 68.1 Å². The summed E-state index contributed by atoms with van der Waals surface area (Å²) in [6, 6.07) is 16.5. The van der Waals surface area contributed by atoms with Crippen LogP contribution >= 0.6 is 12.4 Å². The molecule has 0 bridgehead atoms. The Labute approximate surface area is 161 Å². The standard InChI is InChI=1S/C21H26FNO2.ClH/c22-19-6-8-21(9-7-19)25-16-20(24)15-23-12-10-18(11-13-23)14-17-4-2-1-3-5-17;/h1-9,18,20,24H,10-16H2;1H.